The monoisotopic (exact) mass is 576 g/mol. The summed E-state index contributed by atoms with van der Waals surface area (Å²) in [6.07, 6.45) is 3.68. The van der Waals surface area contributed by atoms with Crippen LogP contribution in [0.15, 0.2) is 46.4 Å². The molecule has 2 aliphatic rings. The lowest BCUT2D eigenvalue weighted by molar-refractivity contribution is -0.126. The molecule has 10 heteroatoms. The molecular formula is C32H44N6O4. The zero-order valence-corrected chi connectivity index (χ0v) is 24.9. The molecule has 0 unspecified atom stereocenters. The van der Waals surface area contributed by atoms with Gasteiger partial charge in [-0.05, 0) is 78.1 Å². The Bertz CT molecular complexity index is 1400. The first-order valence-electron chi connectivity index (χ1n) is 15.0. The van der Waals surface area contributed by atoms with Gasteiger partial charge in [0.25, 0.3) is 0 Å². The molecule has 0 spiro atoms. The van der Waals surface area contributed by atoms with E-state index >= 15 is 0 Å². The predicted molar refractivity (Wildman–Crippen MR) is 166 cm³/mol. The van der Waals surface area contributed by atoms with E-state index in [1.165, 1.54) is 0 Å². The van der Waals surface area contributed by atoms with E-state index in [4.69, 9.17) is 9.98 Å². The highest BCUT2D eigenvalue weighted by Gasteiger charge is 2.15. The van der Waals surface area contributed by atoms with E-state index < -0.39 is 0 Å². The summed E-state index contributed by atoms with van der Waals surface area (Å²) in [6.45, 7) is 5.63. The number of aromatic hydroxyl groups is 2. The topological polar surface area (TPSA) is 130 Å². The molecule has 3 aromatic rings. The summed E-state index contributed by atoms with van der Waals surface area (Å²) in [5.74, 6) is 0.0112. The van der Waals surface area contributed by atoms with E-state index in [9.17, 15) is 19.8 Å². The minimum atomic E-state index is -0.0993. The van der Waals surface area contributed by atoms with Crippen LogP contribution in [0.25, 0.3) is 21.5 Å². The standard InChI is InChI=1S/C32H44N6O4/c1-37-19-5-15-33-25-11-3-9-23-29(25)31(41)24-10-4-12-26(30(24)32(23)42)34-16-6-20-38(2)22-8-18-36-28(40)14-13-27(39)35-17-7-21-37/h3-4,9-12,41-42H,5-8,13-22H2,1-2H3,(H,35,39)(H,36,40). The lowest BCUT2D eigenvalue weighted by atomic mass is 9.99. The Morgan fingerprint density at radius 3 is 1.48 bits per heavy atom. The average Bonchev–Trinajstić information content (AvgIpc) is 2.99. The van der Waals surface area contributed by atoms with Crippen molar-refractivity contribution in [3.05, 3.63) is 47.1 Å². The van der Waals surface area contributed by atoms with Crippen LogP contribution in [0.3, 0.4) is 0 Å². The van der Waals surface area contributed by atoms with Crippen molar-refractivity contribution in [2.45, 2.75) is 38.5 Å². The third-order valence-corrected chi connectivity index (χ3v) is 7.69. The molecule has 2 amide bonds. The minimum absolute atomic E-state index is 0.0993. The Hall–Kier alpha value is -3.76. The molecular weight excluding hydrogens is 532 g/mol. The summed E-state index contributed by atoms with van der Waals surface area (Å²) in [5, 5.41) is 32.0. The fourth-order valence-electron chi connectivity index (χ4n) is 5.37. The van der Waals surface area contributed by atoms with Crippen molar-refractivity contribution in [1.29, 1.82) is 0 Å². The van der Waals surface area contributed by atoms with Crippen LogP contribution >= 0.6 is 0 Å². The normalized spacial score (nSPS) is 18.7. The summed E-state index contributed by atoms with van der Waals surface area (Å²) >= 11 is 0. The number of carbonyl (C=O) groups is 2. The second kappa shape index (κ2) is 15.5. The molecule has 0 aromatic heterocycles. The Kier molecular flexibility index (Phi) is 11.5. The zero-order chi connectivity index (χ0) is 29.9. The van der Waals surface area contributed by atoms with Crippen LogP contribution in [0.4, 0.5) is 0 Å². The molecule has 0 saturated carbocycles. The number of nitrogens with zero attached hydrogens (tertiary/aromatic N) is 4. The van der Waals surface area contributed by atoms with E-state index in [1.807, 2.05) is 50.5 Å². The van der Waals surface area contributed by atoms with Gasteiger partial charge < -0.3 is 30.6 Å². The number of fused-ring (bicyclic) bond motifs is 21. The molecule has 6 bridgehead atoms. The maximum absolute atomic E-state index is 12.1. The van der Waals surface area contributed by atoms with Gasteiger partial charge in [-0.25, -0.2) is 0 Å². The van der Waals surface area contributed by atoms with E-state index in [1.54, 1.807) is 0 Å². The first kappa shape index (κ1) is 31.2. The zero-order valence-electron chi connectivity index (χ0n) is 24.9. The molecule has 0 aliphatic carbocycles. The summed E-state index contributed by atoms with van der Waals surface area (Å²) in [5.41, 5.74) is 0. The van der Waals surface area contributed by atoms with Gasteiger partial charge in [0.05, 0.1) is 21.5 Å². The molecule has 0 atom stereocenters. The first-order valence-corrected chi connectivity index (χ1v) is 15.0. The second-order valence-electron chi connectivity index (χ2n) is 11.1. The van der Waals surface area contributed by atoms with E-state index in [0.717, 1.165) is 51.9 Å². The SMILES string of the molecule is CN1CCCN=c2cccc3c(O)c4c(cccc4c(O)c23)=NCCCN(C)CCCNC(=O)CCC(=O)NCCC1. The summed E-state index contributed by atoms with van der Waals surface area (Å²) in [7, 11) is 4.08. The van der Waals surface area contributed by atoms with Crippen molar-refractivity contribution in [3.63, 3.8) is 0 Å². The number of hydrogen-bond acceptors (Lipinski definition) is 8. The Labute approximate surface area is 247 Å². The number of nitrogens with one attached hydrogen (secondary N) is 2. The van der Waals surface area contributed by atoms with Crippen molar-refractivity contribution >= 4 is 33.4 Å². The van der Waals surface area contributed by atoms with Gasteiger partial charge in [-0.3, -0.25) is 19.6 Å². The number of amides is 2. The summed E-state index contributed by atoms with van der Waals surface area (Å²) in [4.78, 5) is 38.2. The second-order valence-corrected chi connectivity index (χ2v) is 11.1. The minimum Gasteiger partial charge on any atom is -0.507 e. The Morgan fingerprint density at radius 1 is 0.643 bits per heavy atom. The average molecular weight is 577 g/mol. The maximum Gasteiger partial charge on any atom is 0.220 e. The van der Waals surface area contributed by atoms with Crippen molar-refractivity contribution in [3.8, 4) is 11.5 Å². The van der Waals surface area contributed by atoms with Gasteiger partial charge in [0, 0.05) is 49.8 Å². The molecule has 0 radical (unpaired) electrons. The molecule has 0 saturated heterocycles. The molecule has 4 N–H and O–H groups in total. The number of hydrogen-bond donors (Lipinski definition) is 4. The lowest BCUT2D eigenvalue weighted by Crippen LogP contribution is -2.31. The van der Waals surface area contributed by atoms with Crippen LogP contribution in [0.5, 0.6) is 11.5 Å². The van der Waals surface area contributed by atoms with Gasteiger partial charge >= 0.3 is 0 Å². The molecule has 226 valence electrons. The van der Waals surface area contributed by atoms with Gasteiger partial charge in [0.2, 0.25) is 11.8 Å². The van der Waals surface area contributed by atoms with Crippen LogP contribution in [0.1, 0.15) is 38.5 Å². The molecule has 2 aliphatic heterocycles. The van der Waals surface area contributed by atoms with Gasteiger partial charge in [-0.1, -0.05) is 24.3 Å². The van der Waals surface area contributed by atoms with Crippen molar-refractivity contribution < 1.29 is 19.8 Å². The van der Waals surface area contributed by atoms with Crippen molar-refractivity contribution in [2.24, 2.45) is 9.98 Å². The van der Waals surface area contributed by atoms with E-state index in [2.05, 4.69) is 20.4 Å². The van der Waals surface area contributed by atoms with Gasteiger partial charge in [-0.15, -0.1) is 0 Å². The van der Waals surface area contributed by atoms with Crippen LogP contribution in [-0.4, -0.2) is 98.3 Å². The maximum atomic E-state index is 12.1. The highest BCUT2D eigenvalue weighted by Crippen LogP contribution is 2.38. The highest BCUT2D eigenvalue weighted by molar-refractivity contribution is 6.10. The largest absolute Gasteiger partial charge is 0.507 e. The molecule has 5 rings (SSSR count). The fourth-order valence-corrected chi connectivity index (χ4v) is 5.37. The van der Waals surface area contributed by atoms with Crippen LogP contribution in [-0.2, 0) is 9.59 Å². The van der Waals surface area contributed by atoms with Gasteiger partial charge in [0.1, 0.15) is 11.5 Å². The third kappa shape index (κ3) is 8.39. The number of carbonyl (C=O) groups excluding carboxylic acids is 2. The number of benzene rings is 3. The van der Waals surface area contributed by atoms with Gasteiger partial charge in [-0.2, -0.15) is 0 Å². The smallest absolute Gasteiger partial charge is 0.220 e. The van der Waals surface area contributed by atoms with Crippen LogP contribution in [0, 0.1) is 0 Å². The Balaban J connectivity index is 1.56. The fraction of sp³-hybridized carbons (Fsp3) is 0.500. The lowest BCUT2D eigenvalue weighted by Gasteiger charge is -2.16. The predicted octanol–water partition coefficient (Wildman–Crippen LogP) is 2.09. The summed E-state index contributed by atoms with van der Waals surface area (Å²) in [6, 6.07) is 11.1. The van der Waals surface area contributed by atoms with Crippen molar-refractivity contribution in [2.75, 3.05) is 66.5 Å². The molecule has 0 fully saturated rings. The third-order valence-electron chi connectivity index (χ3n) is 7.69. The number of rotatable bonds is 0. The van der Waals surface area contributed by atoms with Crippen molar-refractivity contribution in [1.82, 2.24) is 20.4 Å². The molecule has 3 aromatic carbocycles. The first-order chi connectivity index (χ1) is 20.3. The molecule has 42 heavy (non-hydrogen) atoms. The highest BCUT2D eigenvalue weighted by atomic mass is 16.3. The number of phenols is 2. The summed E-state index contributed by atoms with van der Waals surface area (Å²) < 4.78 is 0. The number of phenolic OH excluding ortho intramolecular Hbond substituents is 2. The quantitative estimate of drug-likeness (QED) is 0.240. The molecule has 10 nitrogen and oxygen atoms in total. The molecule has 2 heterocycles. The van der Waals surface area contributed by atoms with E-state index in [-0.39, 0.29) is 36.2 Å². The van der Waals surface area contributed by atoms with Crippen LogP contribution in [0.2, 0.25) is 0 Å². The Morgan fingerprint density at radius 2 is 1.05 bits per heavy atom. The van der Waals surface area contributed by atoms with Crippen LogP contribution < -0.4 is 21.3 Å². The van der Waals surface area contributed by atoms with Gasteiger partial charge in [0.15, 0.2) is 0 Å². The van der Waals surface area contributed by atoms with E-state index in [0.29, 0.717) is 58.4 Å².